The molecule has 1 aromatic rings. The van der Waals surface area contributed by atoms with Crippen LogP contribution in [0.4, 0.5) is 0 Å². The molecule has 0 heterocycles. The first-order chi connectivity index (χ1) is 8.10. The first-order valence-electron chi connectivity index (χ1n) is 6.10. The molecule has 0 aliphatic carbocycles. The molecular weight excluding hydrogens is 210 g/mol. The van der Waals surface area contributed by atoms with E-state index in [0.29, 0.717) is 0 Å². The summed E-state index contributed by atoms with van der Waals surface area (Å²) in [7, 11) is 0. The third kappa shape index (κ3) is 3.42. The molecule has 0 amide bonds. The minimum atomic E-state index is -0.614. The van der Waals surface area contributed by atoms with Crippen molar-refractivity contribution in [3.8, 4) is 6.07 Å². The summed E-state index contributed by atoms with van der Waals surface area (Å²) in [5.41, 5.74) is 1.90. The number of hydrogen-bond acceptors (Lipinski definition) is 2. The quantitative estimate of drug-likeness (QED) is 0.774. The van der Waals surface area contributed by atoms with Crippen LogP contribution in [0.2, 0.25) is 0 Å². The van der Waals surface area contributed by atoms with Crippen molar-refractivity contribution in [3.63, 3.8) is 0 Å². The van der Waals surface area contributed by atoms with Crippen molar-refractivity contribution >= 4 is 5.78 Å². The van der Waals surface area contributed by atoms with Gasteiger partial charge in [-0.2, -0.15) is 5.26 Å². The molecule has 0 aromatic heterocycles. The molecule has 2 unspecified atom stereocenters. The van der Waals surface area contributed by atoms with E-state index in [-0.39, 0.29) is 11.7 Å². The highest BCUT2D eigenvalue weighted by atomic mass is 16.1. The zero-order chi connectivity index (χ0) is 12.8. The Balaban J connectivity index is 2.93. The molecule has 0 aliphatic heterocycles. The zero-order valence-corrected chi connectivity index (χ0v) is 10.7. The van der Waals surface area contributed by atoms with Crippen LogP contribution in [0.3, 0.4) is 0 Å². The van der Waals surface area contributed by atoms with Crippen LogP contribution in [-0.4, -0.2) is 5.78 Å². The molecule has 0 saturated heterocycles. The van der Waals surface area contributed by atoms with Crippen LogP contribution in [-0.2, 0) is 4.79 Å². The first kappa shape index (κ1) is 13.4. The Morgan fingerprint density at radius 1 is 1.47 bits per heavy atom. The highest BCUT2D eigenvalue weighted by Crippen LogP contribution is 2.22. The molecule has 1 rings (SSSR count). The van der Waals surface area contributed by atoms with Gasteiger partial charge in [0.15, 0.2) is 5.78 Å². The molecule has 2 heteroatoms. The van der Waals surface area contributed by atoms with E-state index in [4.69, 9.17) is 0 Å². The van der Waals surface area contributed by atoms with Gasteiger partial charge in [0.05, 0.1) is 6.07 Å². The standard InChI is InChI=1S/C15H19NO/c1-4-6-12(3)15(17)14(10-16)13-8-5-7-11(2)9-13/h5,7-9,12,14H,4,6H2,1-3H3. The number of benzene rings is 1. The molecule has 1 aromatic carbocycles. The Hall–Kier alpha value is -1.62. The zero-order valence-electron chi connectivity index (χ0n) is 10.7. The number of aryl methyl sites for hydroxylation is 1. The number of nitrogens with zero attached hydrogens (tertiary/aromatic N) is 1. The minimum Gasteiger partial charge on any atom is -0.298 e. The average Bonchev–Trinajstić information content (AvgIpc) is 2.30. The second-order valence-corrected chi connectivity index (χ2v) is 4.57. The third-order valence-corrected chi connectivity index (χ3v) is 3.00. The topological polar surface area (TPSA) is 40.9 Å². The van der Waals surface area contributed by atoms with E-state index in [1.54, 1.807) is 0 Å². The fourth-order valence-corrected chi connectivity index (χ4v) is 2.01. The maximum Gasteiger partial charge on any atom is 0.157 e. The molecule has 17 heavy (non-hydrogen) atoms. The number of hydrogen-bond donors (Lipinski definition) is 0. The van der Waals surface area contributed by atoms with Crippen LogP contribution in [0, 0.1) is 24.2 Å². The van der Waals surface area contributed by atoms with E-state index < -0.39 is 5.92 Å². The number of ketones is 1. The smallest absolute Gasteiger partial charge is 0.157 e. The van der Waals surface area contributed by atoms with Crippen LogP contribution in [0.25, 0.3) is 0 Å². The van der Waals surface area contributed by atoms with E-state index in [1.807, 2.05) is 38.1 Å². The van der Waals surface area contributed by atoms with Crippen molar-refractivity contribution in [2.75, 3.05) is 0 Å². The van der Waals surface area contributed by atoms with Gasteiger partial charge in [-0.15, -0.1) is 0 Å². The number of nitriles is 1. The molecule has 2 nitrogen and oxygen atoms in total. The summed E-state index contributed by atoms with van der Waals surface area (Å²) >= 11 is 0. The number of carbonyl (C=O) groups excluding carboxylic acids is 1. The van der Waals surface area contributed by atoms with Crippen molar-refractivity contribution in [3.05, 3.63) is 35.4 Å². The van der Waals surface area contributed by atoms with Crippen molar-refractivity contribution < 1.29 is 4.79 Å². The Morgan fingerprint density at radius 2 is 2.18 bits per heavy atom. The Morgan fingerprint density at radius 3 is 2.71 bits per heavy atom. The fraction of sp³-hybridized carbons (Fsp3) is 0.467. The average molecular weight is 229 g/mol. The fourth-order valence-electron chi connectivity index (χ4n) is 2.01. The molecule has 0 saturated carbocycles. The second kappa shape index (κ2) is 6.20. The third-order valence-electron chi connectivity index (χ3n) is 3.00. The summed E-state index contributed by atoms with van der Waals surface area (Å²) in [5.74, 6) is -0.610. The van der Waals surface area contributed by atoms with Crippen LogP contribution < -0.4 is 0 Å². The van der Waals surface area contributed by atoms with E-state index in [1.165, 1.54) is 0 Å². The summed E-state index contributed by atoms with van der Waals surface area (Å²) in [6.07, 6.45) is 1.82. The highest BCUT2D eigenvalue weighted by molar-refractivity contribution is 5.90. The molecule has 0 spiro atoms. The SMILES string of the molecule is CCCC(C)C(=O)C(C#N)c1cccc(C)c1. The Bertz CT molecular complexity index is 431. The maximum atomic E-state index is 12.2. The van der Waals surface area contributed by atoms with Crippen molar-refractivity contribution in [2.24, 2.45) is 5.92 Å². The normalized spacial score (nSPS) is 13.8. The van der Waals surface area contributed by atoms with Gasteiger partial charge in [0, 0.05) is 5.92 Å². The summed E-state index contributed by atoms with van der Waals surface area (Å²) < 4.78 is 0. The van der Waals surface area contributed by atoms with Gasteiger partial charge in [-0.1, -0.05) is 50.1 Å². The van der Waals surface area contributed by atoms with Crippen molar-refractivity contribution in [1.82, 2.24) is 0 Å². The monoisotopic (exact) mass is 229 g/mol. The van der Waals surface area contributed by atoms with Crippen LogP contribution >= 0.6 is 0 Å². The molecule has 0 radical (unpaired) electrons. The number of rotatable bonds is 5. The van der Waals surface area contributed by atoms with Crippen LogP contribution in [0.15, 0.2) is 24.3 Å². The minimum absolute atomic E-state index is 0.0369. The lowest BCUT2D eigenvalue weighted by molar-refractivity contribution is -0.122. The second-order valence-electron chi connectivity index (χ2n) is 4.57. The van der Waals surface area contributed by atoms with E-state index in [9.17, 15) is 10.1 Å². The van der Waals surface area contributed by atoms with Gasteiger partial charge in [-0.3, -0.25) is 4.79 Å². The summed E-state index contributed by atoms with van der Waals surface area (Å²) in [4.78, 5) is 12.2. The first-order valence-corrected chi connectivity index (χ1v) is 6.10. The molecular formula is C15H19NO. The molecule has 2 atom stereocenters. The number of Topliss-reactive ketones (excluding diaryl/α,β-unsaturated/α-hetero) is 1. The molecule has 0 N–H and O–H groups in total. The Labute approximate surface area is 103 Å². The van der Waals surface area contributed by atoms with Crippen molar-refractivity contribution in [2.45, 2.75) is 39.5 Å². The van der Waals surface area contributed by atoms with Gasteiger partial charge >= 0.3 is 0 Å². The number of carbonyl (C=O) groups is 1. The Kier molecular flexibility index (Phi) is 4.90. The van der Waals surface area contributed by atoms with E-state index in [2.05, 4.69) is 13.0 Å². The van der Waals surface area contributed by atoms with Gasteiger partial charge < -0.3 is 0 Å². The predicted molar refractivity (Wildman–Crippen MR) is 68.6 cm³/mol. The van der Waals surface area contributed by atoms with Gasteiger partial charge in [-0.05, 0) is 18.9 Å². The molecule has 90 valence electrons. The van der Waals surface area contributed by atoms with Gasteiger partial charge in [0.25, 0.3) is 0 Å². The van der Waals surface area contributed by atoms with Gasteiger partial charge in [0.1, 0.15) is 5.92 Å². The summed E-state index contributed by atoms with van der Waals surface area (Å²) in [6.45, 7) is 5.93. The molecule has 0 aliphatic rings. The summed E-state index contributed by atoms with van der Waals surface area (Å²) in [5, 5.41) is 9.19. The summed E-state index contributed by atoms with van der Waals surface area (Å²) in [6, 6.07) is 9.78. The largest absolute Gasteiger partial charge is 0.298 e. The van der Waals surface area contributed by atoms with Gasteiger partial charge in [-0.25, -0.2) is 0 Å². The van der Waals surface area contributed by atoms with E-state index in [0.717, 1.165) is 24.0 Å². The van der Waals surface area contributed by atoms with Crippen LogP contribution in [0.5, 0.6) is 0 Å². The lowest BCUT2D eigenvalue weighted by atomic mass is 9.87. The van der Waals surface area contributed by atoms with Gasteiger partial charge in [0.2, 0.25) is 0 Å². The highest BCUT2D eigenvalue weighted by Gasteiger charge is 2.24. The van der Waals surface area contributed by atoms with Crippen LogP contribution in [0.1, 0.15) is 43.7 Å². The maximum absolute atomic E-state index is 12.2. The lowest BCUT2D eigenvalue weighted by Crippen LogP contribution is -2.19. The lowest BCUT2D eigenvalue weighted by Gasteiger charge is -2.14. The van der Waals surface area contributed by atoms with E-state index >= 15 is 0 Å². The van der Waals surface area contributed by atoms with Crippen molar-refractivity contribution in [1.29, 1.82) is 5.26 Å². The molecule has 0 bridgehead atoms. The molecule has 0 fully saturated rings. The predicted octanol–water partition coefficient (Wildman–Crippen LogP) is 3.61.